The van der Waals surface area contributed by atoms with Gasteiger partial charge < -0.3 is 14.9 Å². The van der Waals surface area contributed by atoms with E-state index in [1.807, 2.05) is 6.07 Å². The number of hydrogen-bond acceptors (Lipinski definition) is 4. The highest BCUT2D eigenvalue weighted by Crippen LogP contribution is 2.45. The second kappa shape index (κ2) is 3.22. The summed E-state index contributed by atoms with van der Waals surface area (Å²) in [6.45, 7) is 2.22. The maximum Gasteiger partial charge on any atom is 0.490 e. The molecule has 0 spiro atoms. The van der Waals surface area contributed by atoms with E-state index in [0.29, 0.717) is 5.46 Å². The number of rotatable bonds is 2. The minimum absolute atomic E-state index is 0.447. The Morgan fingerprint density at radius 1 is 1.27 bits per heavy atom. The predicted molar refractivity (Wildman–Crippen MR) is 57.9 cm³/mol. The van der Waals surface area contributed by atoms with Crippen molar-refractivity contribution in [3.8, 4) is 0 Å². The Labute approximate surface area is 88.7 Å². The molecule has 1 saturated carbocycles. The monoisotopic (exact) mass is 204 g/mol. The van der Waals surface area contributed by atoms with E-state index in [9.17, 15) is 0 Å². The molecule has 2 N–H and O–H groups in total. The molecule has 2 heterocycles. The molecule has 2 aliphatic rings. The van der Waals surface area contributed by atoms with Crippen molar-refractivity contribution in [2.75, 3.05) is 18.0 Å². The lowest BCUT2D eigenvalue weighted by atomic mass is 9.82. The maximum atomic E-state index is 8.93. The highest BCUT2D eigenvalue weighted by Gasteiger charge is 2.45. The second-order valence-electron chi connectivity index (χ2n) is 4.48. The van der Waals surface area contributed by atoms with Gasteiger partial charge in [0.05, 0.1) is 0 Å². The van der Waals surface area contributed by atoms with Crippen molar-refractivity contribution >= 4 is 18.4 Å². The Hall–Kier alpha value is -1.07. The quantitative estimate of drug-likeness (QED) is 0.620. The standard InChI is InChI=1S/C10H13BN2O2/c14-11(15)9-1-2-10(12-4-9)13-5-7-3-8(7)6-13/h1-2,4,7-8,14-15H,3,5-6H2. The molecule has 0 aromatic carbocycles. The first-order valence-corrected chi connectivity index (χ1v) is 5.31. The van der Waals surface area contributed by atoms with E-state index in [0.717, 1.165) is 30.7 Å². The molecule has 0 amide bonds. The van der Waals surface area contributed by atoms with Crippen molar-refractivity contribution in [1.29, 1.82) is 0 Å². The van der Waals surface area contributed by atoms with Crippen LogP contribution >= 0.6 is 0 Å². The zero-order valence-corrected chi connectivity index (χ0v) is 8.37. The van der Waals surface area contributed by atoms with Crippen molar-refractivity contribution in [3.63, 3.8) is 0 Å². The average Bonchev–Trinajstić information content (AvgIpc) is 2.86. The van der Waals surface area contributed by atoms with Crippen LogP contribution in [0.1, 0.15) is 6.42 Å². The first-order chi connectivity index (χ1) is 7.24. The Morgan fingerprint density at radius 3 is 2.53 bits per heavy atom. The highest BCUT2D eigenvalue weighted by molar-refractivity contribution is 6.58. The van der Waals surface area contributed by atoms with Gasteiger partial charge in [-0.15, -0.1) is 0 Å². The van der Waals surface area contributed by atoms with Gasteiger partial charge in [0.1, 0.15) is 5.82 Å². The van der Waals surface area contributed by atoms with E-state index in [2.05, 4.69) is 9.88 Å². The molecule has 4 nitrogen and oxygen atoms in total. The number of pyridine rings is 1. The Bertz CT molecular complexity index is 358. The van der Waals surface area contributed by atoms with Crippen molar-refractivity contribution in [3.05, 3.63) is 18.3 Å². The van der Waals surface area contributed by atoms with Gasteiger partial charge in [0, 0.05) is 24.7 Å². The van der Waals surface area contributed by atoms with Crippen LogP contribution in [0.15, 0.2) is 18.3 Å². The first kappa shape index (κ1) is 9.18. The summed E-state index contributed by atoms with van der Waals surface area (Å²) < 4.78 is 0. The van der Waals surface area contributed by atoms with Crippen LogP contribution in [0.25, 0.3) is 0 Å². The molecular formula is C10H13BN2O2. The van der Waals surface area contributed by atoms with Crippen LogP contribution in [0.3, 0.4) is 0 Å². The van der Waals surface area contributed by atoms with Crippen molar-refractivity contribution < 1.29 is 10.0 Å². The van der Waals surface area contributed by atoms with Crippen LogP contribution in [-0.4, -0.2) is 35.2 Å². The summed E-state index contributed by atoms with van der Waals surface area (Å²) in [6.07, 6.45) is 2.91. The smallest absolute Gasteiger partial charge is 0.423 e. The molecule has 1 aliphatic heterocycles. The molecule has 2 unspecified atom stereocenters. The van der Waals surface area contributed by atoms with E-state index in [1.54, 1.807) is 6.07 Å². The normalized spacial score (nSPS) is 27.7. The lowest BCUT2D eigenvalue weighted by Gasteiger charge is -2.18. The van der Waals surface area contributed by atoms with Gasteiger partial charge in [-0.2, -0.15) is 0 Å². The molecule has 0 bridgehead atoms. The largest absolute Gasteiger partial charge is 0.490 e. The Balaban J connectivity index is 1.75. The number of anilines is 1. The third-order valence-electron chi connectivity index (χ3n) is 3.37. The summed E-state index contributed by atoms with van der Waals surface area (Å²) in [6, 6.07) is 3.58. The van der Waals surface area contributed by atoms with E-state index >= 15 is 0 Å². The second-order valence-corrected chi connectivity index (χ2v) is 4.48. The summed E-state index contributed by atoms with van der Waals surface area (Å²) in [5.41, 5.74) is 0.447. The van der Waals surface area contributed by atoms with Gasteiger partial charge in [0.25, 0.3) is 0 Å². The molecule has 78 valence electrons. The summed E-state index contributed by atoms with van der Waals surface area (Å²) >= 11 is 0. The number of aromatic nitrogens is 1. The van der Waals surface area contributed by atoms with Crippen LogP contribution in [0.5, 0.6) is 0 Å². The third-order valence-corrected chi connectivity index (χ3v) is 3.37. The van der Waals surface area contributed by atoms with E-state index < -0.39 is 7.12 Å². The Kier molecular flexibility index (Phi) is 1.97. The van der Waals surface area contributed by atoms with Crippen LogP contribution in [-0.2, 0) is 0 Å². The molecule has 1 saturated heterocycles. The van der Waals surface area contributed by atoms with Crippen molar-refractivity contribution in [1.82, 2.24) is 4.98 Å². The molecule has 2 fully saturated rings. The summed E-state index contributed by atoms with van der Waals surface area (Å²) in [7, 11) is -1.42. The molecule has 0 radical (unpaired) electrons. The summed E-state index contributed by atoms with van der Waals surface area (Å²) in [5.74, 6) is 2.72. The first-order valence-electron chi connectivity index (χ1n) is 5.31. The van der Waals surface area contributed by atoms with Gasteiger partial charge in [0.2, 0.25) is 0 Å². The lowest BCUT2D eigenvalue weighted by molar-refractivity contribution is 0.425. The fraction of sp³-hybridized carbons (Fsp3) is 0.500. The number of piperidine rings is 1. The molecular weight excluding hydrogens is 191 g/mol. The van der Waals surface area contributed by atoms with Crippen LogP contribution < -0.4 is 10.4 Å². The molecule has 1 aromatic heterocycles. The average molecular weight is 204 g/mol. The lowest BCUT2D eigenvalue weighted by Crippen LogP contribution is -2.31. The van der Waals surface area contributed by atoms with Gasteiger partial charge in [-0.25, -0.2) is 4.98 Å². The summed E-state index contributed by atoms with van der Waals surface area (Å²) in [5, 5.41) is 17.9. The fourth-order valence-corrected chi connectivity index (χ4v) is 2.32. The molecule has 3 rings (SSSR count). The topological polar surface area (TPSA) is 56.6 Å². The molecule has 1 aliphatic carbocycles. The van der Waals surface area contributed by atoms with E-state index in [4.69, 9.17) is 10.0 Å². The molecule has 1 aromatic rings. The molecule has 2 atom stereocenters. The molecule has 5 heteroatoms. The number of fused-ring (bicyclic) bond motifs is 1. The maximum absolute atomic E-state index is 8.93. The summed E-state index contributed by atoms with van der Waals surface area (Å²) in [4.78, 5) is 6.51. The van der Waals surface area contributed by atoms with E-state index in [-0.39, 0.29) is 0 Å². The zero-order valence-electron chi connectivity index (χ0n) is 8.37. The van der Waals surface area contributed by atoms with Gasteiger partial charge in [-0.1, -0.05) is 6.07 Å². The highest BCUT2D eigenvalue weighted by atomic mass is 16.4. The minimum Gasteiger partial charge on any atom is -0.423 e. The van der Waals surface area contributed by atoms with Gasteiger partial charge >= 0.3 is 7.12 Å². The zero-order chi connectivity index (χ0) is 10.4. The van der Waals surface area contributed by atoms with Gasteiger partial charge in [-0.05, 0) is 24.3 Å². The fourth-order valence-electron chi connectivity index (χ4n) is 2.32. The van der Waals surface area contributed by atoms with Crippen molar-refractivity contribution in [2.24, 2.45) is 11.8 Å². The van der Waals surface area contributed by atoms with Crippen molar-refractivity contribution in [2.45, 2.75) is 6.42 Å². The minimum atomic E-state index is -1.42. The number of nitrogens with zero attached hydrogens (tertiary/aromatic N) is 2. The Morgan fingerprint density at radius 2 is 2.00 bits per heavy atom. The van der Waals surface area contributed by atoms with Crippen LogP contribution in [0.4, 0.5) is 5.82 Å². The van der Waals surface area contributed by atoms with Gasteiger partial charge in [0.15, 0.2) is 0 Å². The predicted octanol–water partition coefficient (Wildman–Crippen LogP) is -0.783. The number of hydrogen-bond donors (Lipinski definition) is 2. The van der Waals surface area contributed by atoms with Gasteiger partial charge in [-0.3, -0.25) is 0 Å². The van der Waals surface area contributed by atoms with Crippen LogP contribution in [0, 0.1) is 11.8 Å². The third kappa shape index (κ3) is 1.62. The SMILES string of the molecule is OB(O)c1ccc(N2CC3CC3C2)nc1. The van der Waals surface area contributed by atoms with E-state index in [1.165, 1.54) is 12.6 Å². The molecule has 15 heavy (non-hydrogen) atoms. The van der Waals surface area contributed by atoms with Crippen LogP contribution in [0.2, 0.25) is 0 Å².